The van der Waals surface area contributed by atoms with Crippen molar-refractivity contribution >= 4 is 23.5 Å². The van der Waals surface area contributed by atoms with Crippen LogP contribution in [-0.2, 0) is 41.5 Å². The van der Waals surface area contributed by atoms with E-state index >= 15 is 0 Å². The Labute approximate surface area is 252 Å². The van der Waals surface area contributed by atoms with E-state index in [9.17, 15) is 19.2 Å². The van der Waals surface area contributed by atoms with Gasteiger partial charge >= 0.3 is 11.9 Å². The summed E-state index contributed by atoms with van der Waals surface area (Å²) in [5.74, 6) is -2.32. The molecule has 0 saturated carbocycles. The van der Waals surface area contributed by atoms with E-state index in [1.807, 2.05) is 98.8 Å². The van der Waals surface area contributed by atoms with Crippen molar-refractivity contribution in [3.8, 4) is 0 Å². The van der Waals surface area contributed by atoms with Crippen LogP contribution in [0.15, 0.2) is 121 Å². The number of benzene rings is 4. The fraction of sp³-hybridized carbons (Fsp3) is 0.189. The Morgan fingerprint density at radius 1 is 0.581 bits per heavy atom. The molecule has 0 aromatic heterocycles. The lowest BCUT2D eigenvalue weighted by Crippen LogP contribution is -2.25. The standard InChI is InChI=1S/C37H34O6/c1-25-14-18-30(19-15-25)35(32(38)23-28-10-6-4-7-11-28)42-34(40)22-27(3)37(41)43-36(31-20-16-26(2)17-21-31)33(39)24-29-12-8-5-9-13-29/h4-21,35-36H,3,22-24H2,1-2H3. The Morgan fingerprint density at radius 3 is 1.40 bits per heavy atom. The molecule has 4 rings (SSSR count). The van der Waals surface area contributed by atoms with E-state index in [2.05, 4.69) is 6.58 Å². The summed E-state index contributed by atoms with van der Waals surface area (Å²) in [6, 6.07) is 32.6. The number of rotatable bonds is 13. The Balaban J connectivity index is 1.46. The molecule has 43 heavy (non-hydrogen) atoms. The number of carbonyl (C=O) groups excluding carboxylic acids is 4. The molecule has 6 heteroatoms. The van der Waals surface area contributed by atoms with Crippen LogP contribution >= 0.6 is 0 Å². The van der Waals surface area contributed by atoms with Gasteiger partial charge in [0, 0.05) is 29.5 Å². The lowest BCUT2D eigenvalue weighted by Gasteiger charge is -2.20. The normalized spacial score (nSPS) is 12.0. The lowest BCUT2D eigenvalue weighted by molar-refractivity contribution is -0.157. The Kier molecular flexibility index (Phi) is 10.5. The first-order chi connectivity index (χ1) is 20.7. The highest BCUT2D eigenvalue weighted by Crippen LogP contribution is 2.25. The molecule has 2 unspecified atom stereocenters. The summed E-state index contributed by atoms with van der Waals surface area (Å²) in [4.78, 5) is 52.7. The molecular formula is C37H34O6. The summed E-state index contributed by atoms with van der Waals surface area (Å²) in [5.41, 5.74) is 4.40. The number of hydrogen-bond donors (Lipinski definition) is 0. The van der Waals surface area contributed by atoms with Gasteiger partial charge in [-0.15, -0.1) is 0 Å². The Bertz CT molecular complexity index is 1570. The molecule has 0 saturated heterocycles. The van der Waals surface area contributed by atoms with Gasteiger partial charge in [0.25, 0.3) is 0 Å². The number of Topliss-reactive ketones (excluding diaryl/α,β-unsaturated/α-hetero) is 2. The Morgan fingerprint density at radius 2 is 0.977 bits per heavy atom. The highest BCUT2D eigenvalue weighted by atomic mass is 16.6. The van der Waals surface area contributed by atoms with Crippen LogP contribution in [0.1, 0.15) is 52.0 Å². The van der Waals surface area contributed by atoms with Crippen molar-refractivity contribution in [2.24, 2.45) is 0 Å². The van der Waals surface area contributed by atoms with E-state index < -0.39 is 30.6 Å². The number of ketones is 2. The summed E-state index contributed by atoms with van der Waals surface area (Å²) in [5, 5.41) is 0. The molecule has 0 heterocycles. The second kappa shape index (κ2) is 14.7. The molecule has 218 valence electrons. The second-order valence-corrected chi connectivity index (χ2v) is 10.5. The molecule has 0 amide bonds. The highest BCUT2D eigenvalue weighted by molar-refractivity contribution is 5.96. The van der Waals surface area contributed by atoms with Gasteiger partial charge in [-0.1, -0.05) is 127 Å². The van der Waals surface area contributed by atoms with Crippen molar-refractivity contribution in [1.29, 1.82) is 0 Å². The zero-order chi connectivity index (χ0) is 30.8. The minimum atomic E-state index is -1.19. The maximum Gasteiger partial charge on any atom is 0.335 e. The first kappa shape index (κ1) is 30.8. The maximum absolute atomic E-state index is 13.3. The molecule has 0 N–H and O–H groups in total. The van der Waals surface area contributed by atoms with Crippen LogP contribution in [-0.4, -0.2) is 23.5 Å². The van der Waals surface area contributed by atoms with E-state index in [0.717, 1.165) is 22.3 Å². The predicted molar refractivity (Wildman–Crippen MR) is 164 cm³/mol. The smallest absolute Gasteiger partial charge is 0.335 e. The number of esters is 2. The van der Waals surface area contributed by atoms with Crippen LogP contribution in [0.4, 0.5) is 0 Å². The molecule has 4 aromatic rings. The second-order valence-electron chi connectivity index (χ2n) is 10.5. The average molecular weight is 575 g/mol. The quantitative estimate of drug-likeness (QED) is 0.130. The largest absolute Gasteiger partial charge is 0.449 e. The number of hydrogen-bond acceptors (Lipinski definition) is 6. The van der Waals surface area contributed by atoms with Gasteiger partial charge in [-0.25, -0.2) is 4.79 Å². The van der Waals surface area contributed by atoms with Crippen molar-refractivity contribution in [2.45, 2.75) is 45.3 Å². The van der Waals surface area contributed by atoms with E-state index in [1.54, 1.807) is 24.3 Å². The van der Waals surface area contributed by atoms with Gasteiger partial charge in [0.15, 0.2) is 23.8 Å². The summed E-state index contributed by atoms with van der Waals surface area (Å²) in [7, 11) is 0. The van der Waals surface area contributed by atoms with Crippen LogP contribution in [0.5, 0.6) is 0 Å². The molecule has 6 nitrogen and oxygen atoms in total. The molecule has 0 spiro atoms. The van der Waals surface area contributed by atoms with Crippen molar-refractivity contribution in [2.75, 3.05) is 0 Å². The molecule has 0 fully saturated rings. The fourth-order valence-electron chi connectivity index (χ4n) is 4.51. The SMILES string of the molecule is C=C(CC(=O)OC(C(=O)Cc1ccccc1)c1ccc(C)cc1)C(=O)OC(C(=O)Cc1ccccc1)c1ccc(C)cc1. The van der Waals surface area contributed by atoms with E-state index in [1.165, 1.54) is 0 Å². The summed E-state index contributed by atoms with van der Waals surface area (Å²) < 4.78 is 11.3. The molecule has 2 atom stereocenters. The summed E-state index contributed by atoms with van der Waals surface area (Å²) in [6.45, 7) is 7.56. The molecular weight excluding hydrogens is 540 g/mol. The Hall–Kier alpha value is -5.10. The van der Waals surface area contributed by atoms with E-state index in [-0.39, 0.29) is 30.0 Å². The van der Waals surface area contributed by atoms with Gasteiger partial charge in [-0.2, -0.15) is 0 Å². The van der Waals surface area contributed by atoms with Gasteiger partial charge in [-0.3, -0.25) is 14.4 Å². The third-order valence-electron chi connectivity index (χ3n) is 6.91. The first-order valence-electron chi connectivity index (χ1n) is 14.0. The fourth-order valence-corrected chi connectivity index (χ4v) is 4.51. The summed E-state index contributed by atoms with van der Waals surface area (Å²) >= 11 is 0. The van der Waals surface area contributed by atoms with Crippen LogP contribution in [0, 0.1) is 13.8 Å². The highest BCUT2D eigenvalue weighted by Gasteiger charge is 2.29. The molecule has 0 aliphatic rings. The minimum Gasteiger partial charge on any atom is -0.449 e. The lowest BCUT2D eigenvalue weighted by atomic mass is 9.98. The number of aryl methyl sites for hydroxylation is 2. The van der Waals surface area contributed by atoms with Gasteiger partial charge < -0.3 is 9.47 Å². The molecule has 0 bridgehead atoms. The third kappa shape index (κ3) is 8.94. The monoisotopic (exact) mass is 574 g/mol. The van der Waals surface area contributed by atoms with E-state index in [4.69, 9.17) is 9.47 Å². The molecule has 0 radical (unpaired) electrons. The molecule has 0 aliphatic carbocycles. The van der Waals surface area contributed by atoms with Crippen LogP contribution in [0.2, 0.25) is 0 Å². The first-order valence-corrected chi connectivity index (χ1v) is 14.0. The van der Waals surface area contributed by atoms with Gasteiger partial charge in [0.05, 0.1) is 6.42 Å². The zero-order valence-electron chi connectivity index (χ0n) is 24.3. The van der Waals surface area contributed by atoms with Crippen LogP contribution in [0.25, 0.3) is 0 Å². The zero-order valence-corrected chi connectivity index (χ0v) is 24.3. The van der Waals surface area contributed by atoms with Gasteiger partial charge in [0.2, 0.25) is 0 Å². The van der Waals surface area contributed by atoms with E-state index in [0.29, 0.717) is 11.1 Å². The van der Waals surface area contributed by atoms with Gasteiger partial charge in [0.1, 0.15) is 0 Å². The summed E-state index contributed by atoms with van der Waals surface area (Å²) in [6.07, 6.45) is -2.73. The average Bonchev–Trinajstić information content (AvgIpc) is 3.00. The van der Waals surface area contributed by atoms with Crippen LogP contribution < -0.4 is 0 Å². The molecule has 0 aliphatic heterocycles. The van der Waals surface area contributed by atoms with Gasteiger partial charge in [-0.05, 0) is 25.0 Å². The van der Waals surface area contributed by atoms with Crippen molar-refractivity contribution in [3.05, 3.63) is 155 Å². The van der Waals surface area contributed by atoms with Crippen molar-refractivity contribution < 1.29 is 28.7 Å². The topological polar surface area (TPSA) is 86.7 Å². The number of carbonyl (C=O) groups is 4. The number of ether oxygens (including phenoxy) is 2. The minimum absolute atomic E-state index is 0.0585. The van der Waals surface area contributed by atoms with Crippen molar-refractivity contribution in [1.82, 2.24) is 0 Å². The molecule has 4 aromatic carbocycles. The van der Waals surface area contributed by atoms with Crippen molar-refractivity contribution in [3.63, 3.8) is 0 Å². The predicted octanol–water partition coefficient (Wildman–Crippen LogP) is 6.74. The third-order valence-corrected chi connectivity index (χ3v) is 6.91. The van der Waals surface area contributed by atoms with Crippen LogP contribution in [0.3, 0.4) is 0 Å². The maximum atomic E-state index is 13.3.